The van der Waals surface area contributed by atoms with Crippen LogP contribution in [0.1, 0.15) is 53.4 Å². The molecule has 1 atom stereocenters. The highest BCUT2D eigenvalue weighted by Crippen LogP contribution is 2.75. The molecule has 0 heterocycles. The molecule has 0 spiro atoms. The Morgan fingerprint density at radius 2 is 1.52 bits per heavy atom. The van der Waals surface area contributed by atoms with Gasteiger partial charge in [0, 0.05) is 12.9 Å². The molecule has 9 heteroatoms. The third-order valence-corrected chi connectivity index (χ3v) is 7.96. The summed E-state index contributed by atoms with van der Waals surface area (Å²) in [6.07, 6.45) is 10.3. The molecule has 0 aromatic rings. The molecule has 0 aromatic carbocycles. The van der Waals surface area contributed by atoms with Crippen molar-refractivity contribution in [2.75, 3.05) is 7.11 Å². The summed E-state index contributed by atoms with van der Waals surface area (Å²) in [5.74, 6) is 0.538. The molecule has 0 aromatic heterocycles. The summed E-state index contributed by atoms with van der Waals surface area (Å²) in [5.41, 5.74) is 3.40. The lowest BCUT2D eigenvalue weighted by atomic mass is 10.1. The van der Waals surface area contributed by atoms with E-state index in [-0.39, 0.29) is 0 Å². The summed E-state index contributed by atoms with van der Waals surface area (Å²) in [5, 5.41) is -4.77. The Morgan fingerprint density at radius 3 is 2.00 bits per heavy atom. The summed E-state index contributed by atoms with van der Waals surface area (Å²) in [4.78, 5) is 17.5. The zero-order valence-electron chi connectivity index (χ0n) is 16.5. The second kappa shape index (κ2) is 11.2. The Kier molecular flexibility index (Phi) is 10.9. The molecule has 0 aliphatic heterocycles. The SMILES string of the molecule is COP(=O)(C=CC=C(C)CCC=C(C)CCC=C(C)C)C(F)(F)P(=O)(O)O. The summed E-state index contributed by atoms with van der Waals surface area (Å²) in [6.45, 7) is 7.95. The molecule has 0 fully saturated rings. The van der Waals surface area contributed by atoms with Gasteiger partial charge in [-0.05, 0) is 53.4 Å². The third-order valence-electron chi connectivity index (χ3n) is 3.78. The van der Waals surface area contributed by atoms with Crippen molar-refractivity contribution in [2.45, 2.75) is 58.8 Å². The van der Waals surface area contributed by atoms with Crippen molar-refractivity contribution < 1.29 is 32.2 Å². The van der Waals surface area contributed by atoms with Gasteiger partial charge in [0.15, 0.2) is 0 Å². The van der Waals surface area contributed by atoms with Gasteiger partial charge in [0.25, 0.3) is 0 Å². The van der Waals surface area contributed by atoms with E-state index in [2.05, 4.69) is 37.4 Å². The van der Waals surface area contributed by atoms with Gasteiger partial charge in [-0.1, -0.05) is 41.0 Å². The van der Waals surface area contributed by atoms with Gasteiger partial charge in [0.2, 0.25) is 0 Å². The van der Waals surface area contributed by atoms with Crippen molar-refractivity contribution in [3.8, 4) is 0 Å². The minimum Gasteiger partial charge on any atom is -0.325 e. The maximum Gasteiger partial charge on any atom is 0.421 e. The van der Waals surface area contributed by atoms with Gasteiger partial charge in [0.1, 0.15) is 0 Å². The first-order valence-electron chi connectivity index (χ1n) is 8.50. The van der Waals surface area contributed by atoms with E-state index in [9.17, 15) is 17.9 Å². The van der Waals surface area contributed by atoms with Crippen molar-refractivity contribution in [1.29, 1.82) is 0 Å². The van der Waals surface area contributed by atoms with Gasteiger partial charge in [0.05, 0.1) is 0 Å². The third kappa shape index (κ3) is 8.80. The summed E-state index contributed by atoms with van der Waals surface area (Å²) in [7, 11) is -10.2. The van der Waals surface area contributed by atoms with E-state index >= 15 is 0 Å². The molecule has 0 aliphatic carbocycles. The number of rotatable bonds is 11. The van der Waals surface area contributed by atoms with Crippen molar-refractivity contribution in [3.05, 3.63) is 46.8 Å². The van der Waals surface area contributed by atoms with Gasteiger partial charge >= 0.3 is 20.4 Å². The number of hydrogen-bond acceptors (Lipinski definition) is 3. The Labute approximate surface area is 160 Å². The van der Waals surface area contributed by atoms with E-state index in [1.807, 2.05) is 0 Å². The van der Waals surface area contributed by atoms with Crippen LogP contribution in [0.5, 0.6) is 0 Å². The largest absolute Gasteiger partial charge is 0.421 e. The molecular weight excluding hydrogens is 396 g/mol. The molecule has 0 bridgehead atoms. The minimum atomic E-state index is -5.92. The Hall–Kier alpha value is -0.840. The fraction of sp³-hybridized carbons (Fsp3) is 0.556. The van der Waals surface area contributed by atoms with E-state index in [4.69, 9.17) is 9.79 Å². The zero-order valence-corrected chi connectivity index (χ0v) is 18.3. The van der Waals surface area contributed by atoms with Crippen LogP contribution >= 0.6 is 15.0 Å². The average Bonchev–Trinajstić information content (AvgIpc) is 2.53. The highest BCUT2D eigenvalue weighted by atomic mass is 31.2. The standard InChI is InChI=1S/C18H30F2O5P2/c1-15(2)9-6-10-16(3)11-7-12-17(4)13-8-14-26(21,25-5)18(19,20)27(22,23)24/h8-9,11,13-14H,6-7,10,12H2,1-5H3,(H2,22,23,24). The molecule has 0 saturated carbocycles. The quantitative estimate of drug-likeness (QED) is 0.222. The predicted molar refractivity (Wildman–Crippen MR) is 106 cm³/mol. The van der Waals surface area contributed by atoms with Gasteiger partial charge in [-0.3, -0.25) is 9.13 Å². The lowest BCUT2D eigenvalue weighted by Crippen LogP contribution is -2.16. The van der Waals surface area contributed by atoms with Crippen LogP contribution in [0.4, 0.5) is 8.78 Å². The molecule has 27 heavy (non-hydrogen) atoms. The number of allylic oxidation sites excluding steroid dienone is 7. The van der Waals surface area contributed by atoms with Crippen LogP contribution in [-0.2, 0) is 13.7 Å². The van der Waals surface area contributed by atoms with Gasteiger partial charge < -0.3 is 14.3 Å². The monoisotopic (exact) mass is 426 g/mol. The number of halogens is 2. The van der Waals surface area contributed by atoms with Gasteiger partial charge in [-0.15, -0.1) is 0 Å². The van der Waals surface area contributed by atoms with E-state index < -0.39 is 20.4 Å². The summed E-state index contributed by atoms with van der Waals surface area (Å²) in [6, 6.07) is 0. The van der Waals surface area contributed by atoms with Crippen LogP contribution < -0.4 is 0 Å². The van der Waals surface area contributed by atoms with E-state index in [1.54, 1.807) is 6.92 Å². The van der Waals surface area contributed by atoms with E-state index in [1.165, 1.54) is 17.2 Å². The molecule has 5 nitrogen and oxygen atoms in total. The van der Waals surface area contributed by atoms with Crippen LogP contribution in [-0.4, -0.2) is 22.3 Å². The fourth-order valence-corrected chi connectivity index (χ4v) is 4.81. The van der Waals surface area contributed by atoms with Crippen molar-refractivity contribution >= 4 is 15.0 Å². The van der Waals surface area contributed by atoms with Gasteiger partial charge in [-0.25, -0.2) is 0 Å². The lowest BCUT2D eigenvalue weighted by molar-refractivity contribution is 0.122. The second-order valence-electron chi connectivity index (χ2n) is 6.60. The highest BCUT2D eigenvalue weighted by Gasteiger charge is 2.63. The first kappa shape index (κ1) is 26.2. The van der Waals surface area contributed by atoms with Crippen LogP contribution in [0.2, 0.25) is 0 Å². The van der Waals surface area contributed by atoms with Crippen LogP contribution in [0.3, 0.4) is 0 Å². The normalized spacial score (nSPS) is 16.5. The predicted octanol–water partition coefficient (Wildman–Crippen LogP) is 6.57. The molecule has 0 saturated heterocycles. The lowest BCUT2D eigenvalue weighted by Gasteiger charge is -2.23. The Morgan fingerprint density at radius 1 is 1.00 bits per heavy atom. The first-order chi connectivity index (χ1) is 12.3. The molecular formula is C18H30F2O5P2. The van der Waals surface area contributed by atoms with Crippen LogP contribution in [0.15, 0.2) is 46.8 Å². The molecule has 156 valence electrons. The van der Waals surface area contributed by atoms with Gasteiger partial charge in [-0.2, -0.15) is 8.78 Å². The van der Waals surface area contributed by atoms with Crippen molar-refractivity contribution in [2.24, 2.45) is 0 Å². The van der Waals surface area contributed by atoms with E-state index in [0.717, 1.165) is 38.0 Å². The maximum absolute atomic E-state index is 13.7. The summed E-state index contributed by atoms with van der Waals surface area (Å²) < 4.78 is 54.7. The zero-order chi connectivity index (χ0) is 21.3. The number of hydrogen-bond donors (Lipinski definition) is 2. The molecule has 0 rings (SSSR count). The molecule has 0 aliphatic rings. The smallest absolute Gasteiger partial charge is 0.325 e. The summed E-state index contributed by atoms with van der Waals surface area (Å²) >= 11 is 0. The fourth-order valence-electron chi connectivity index (χ4n) is 2.08. The second-order valence-corrected chi connectivity index (χ2v) is 11.0. The molecule has 1 unspecified atom stereocenters. The Balaban J connectivity index is 4.87. The molecule has 2 N–H and O–H groups in total. The molecule has 0 radical (unpaired) electrons. The minimum absolute atomic E-state index is 0.538. The Bertz CT molecular complexity index is 699. The van der Waals surface area contributed by atoms with Crippen LogP contribution in [0, 0.1) is 0 Å². The highest BCUT2D eigenvalue weighted by molar-refractivity contribution is 7.77. The topological polar surface area (TPSA) is 83.8 Å². The average molecular weight is 426 g/mol. The number of alkyl halides is 2. The first-order valence-corrected chi connectivity index (χ1v) is 11.8. The van der Waals surface area contributed by atoms with Crippen molar-refractivity contribution in [3.63, 3.8) is 0 Å². The maximum atomic E-state index is 13.7. The van der Waals surface area contributed by atoms with E-state index in [0.29, 0.717) is 12.2 Å². The van der Waals surface area contributed by atoms with Crippen molar-refractivity contribution in [1.82, 2.24) is 0 Å². The molecule has 0 amide bonds. The van der Waals surface area contributed by atoms with Crippen LogP contribution in [0.25, 0.3) is 0 Å².